The van der Waals surface area contributed by atoms with Crippen LogP contribution < -0.4 is 0 Å². The van der Waals surface area contributed by atoms with E-state index in [0.717, 1.165) is 5.69 Å². The molecule has 1 heterocycles. The fourth-order valence-electron chi connectivity index (χ4n) is 0.366. The van der Waals surface area contributed by atoms with Crippen LogP contribution in [0, 0.1) is 11.6 Å². The molecule has 0 atom stereocenters. The van der Waals surface area contributed by atoms with Gasteiger partial charge in [0.1, 0.15) is 0 Å². The molecule has 0 aliphatic rings. The van der Waals surface area contributed by atoms with Gasteiger partial charge in [0.15, 0.2) is 0 Å². The van der Waals surface area contributed by atoms with Gasteiger partial charge in [0, 0.05) is 38.9 Å². The van der Waals surface area contributed by atoms with Crippen LogP contribution in [0.1, 0.15) is 5.69 Å². The summed E-state index contributed by atoms with van der Waals surface area (Å²) in [6, 6.07) is 1.76. The number of nitrogens with one attached hydrogen (secondary N) is 1. The van der Waals surface area contributed by atoms with Crippen molar-refractivity contribution in [2.75, 3.05) is 0 Å². The minimum absolute atomic E-state index is 0. The average Bonchev–Trinajstić information content (AvgIpc) is 1.87. The Bertz CT molecular complexity index is 208. The number of aromatic nitrogens is 1. The first-order chi connectivity index (χ1) is 3.29. The number of aryl methyl sites for hydroxylation is 1. The van der Waals surface area contributed by atoms with Gasteiger partial charge in [0.05, 0.1) is 5.69 Å². The molecule has 0 saturated heterocycles. The zero-order valence-corrected chi connectivity index (χ0v) is 8.29. The average molecular weight is 248 g/mol. The molecule has 5 heteroatoms. The number of hydrogen-bond acceptors (Lipinski definition) is 2. The third-order valence-corrected chi connectivity index (χ3v) is 0.848. The molecule has 46 valence electrons. The van der Waals surface area contributed by atoms with Gasteiger partial charge < -0.3 is 4.52 Å². The standard InChI is InChI=1S/C4H5NOS.B.Sb/c1-3-2-4(7)6-5-3;;/h2,5H,1H3;;. The van der Waals surface area contributed by atoms with Crippen molar-refractivity contribution in [1.29, 1.82) is 0 Å². The Morgan fingerprint density at radius 2 is 2.22 bits per heavy atom. The van der Waals surface area contributed by atoms with Crippen LogP contribution in [0.3, 0.4) is 0 Å². The van der Waals surface area contributed by atoms with Crippen LogP contribution in [-0.2, 0) is 0 Å². The molecule has 1 aromatic rings. The van der Waals surface area contributed by atoms with Crippen molar-refractivity contribution in [3.63, 3.8) is 0 Å². The molecular weight excluding hydrogens is 243 g/mol. The summed E-state index contributed by atoms with van der Waals surface area (Å²) in [6.07, 6.45) is 0. The quantitative estimate of drug-likeness (QED) is 0.545. The van der Waals surface area contributed by atoms with Crippen LogP contribution in [0.5, 0.6) is 0 Å². The molecule has 1 rings (SSSR count). The molecular formula is C4H5BNOSSb. The van der Waals surface area contributed by atoms with Crippen molar-refractivity contribution in [1.82, 2.24) is 5.16 Å². The van der Waals surface area contributed by atoms with Crippen LogP contribution in [0.4, 0.5) is 0 Å². The third kappa shape index (κ3) is 3.82. The number of rotatable bonds is 0. The van der Waals surface area contributed by atoms with E-state index < -0.39 is 0 Å². The number of hydrogen-bond donors (Lipinski definition) is 1. The van der Waals surface area contributed by atoms with Gasteiger partial charge >= 0.3 is 0 Å². The molecule has 1 aromatic heterocycles. The van der Waals surface area contributed by atoms with E-state index in [9.17, 15) is 0 Å². The van der Waals surface area contributed by atoms with Gasteiger partial charge in [-0.1, -0.05) is 0 Å². The molecule has 0 fully saturated rings. The van der Waals surface area contributed by atoms with Crippen molar-refractivity contribution < 1.29 is 4.52 Å². The molecule has 0 bridgehead atoms. The van der Waals surface area contributed by atoms with Gasteiger partial charge in [-0.2, -0.15) is 0 Å². The summed E-state index contributed by atoms with van der Waals surface area (Å²) in [5.41, 5.74) is 0.963. The molecule has 6 radical (unpaired) electrons. The fraction of sp³-hybridized carbons (Fsp3) is 0.250. The zero-order chi connectivity index (χ0) is 5.28. The molecule has 0 aliphatic carbocycles. The Balaban J connectivity index is 0. The van der Waals surface area contributed by atoms with Crippen molar-refractivity contribution in [3.8, 4) is 0 Å². The van der Waals surface area contributed by atoms with E-state index in [1.54, 1.807) is 6.07 Å². The maximum Gasteiger partial charge on any atom is 0.220 e. The summed E-state index contributed by atoms with van der Waals surface area (Å²) in [5, 5.41) is 2.59. The van der Waals surface area contributed by atoms with Crippen molar-refractivity contribution in [2.45, 2.75) is 6.92 Å². The first kappa shape index (κ1) is 12.0. The SMILES string of the molecule is Cc1cc(=S)o[nH]1.[B].[Sb]. The number of aromatic amines is 1. The monoisotopic (exact) mass is 247 g/mol. The Labute approximate surface area is 78.0 Å². The Morgan fingerprint density at radius 1 is 1.67 bits per heavy atom. The molecule has 0 saturated carbocycles. The smallest absolute Gasteiger partial charge is 0.220 e. The topological polar surface area (TPSA) is 28.9 Å². The maximum atomic E-state index is 4.65. The maximum absolute atomic E-state index is 4.65. The summed E-state index contributed by atoms with van der Waals surface area (Å²) in [7, 11) is 0. The molecule has 0 spiro atoms. The summed E-state index contributed by atoms with van der Waals surface area (Å²) in [5.74, 6) is 0. The minimum Gasteiger partial charge on any atom is -0.371 e. The molecule has 9 heavy (non-hydrogen) atoms. The summed E-state index contributed by atoms with van der Waals surface area (Å²) >= 11 is 4.63. The Hall–Kier alpha value is 0.313. The van der Waals surface area contributed by atoms with E-state index in [2.05, 4.69) is 21.9 Å². The van der Waals surface area contributed by atoms with Crippen LogP contribution >= 0.6 is 12.2 Å². The van der Waals surface area contributed by atoms with Crippen molar-refractivity contribution in [3.05, 3.63) is 16.5 Å². The van der Waals surface area contributed by atoms with Crippen molar-refractivity contribution in [2.24, 2.45) is 0 Å². The van der Waals surface area contributed by atoms with Gasteiger partial charge in [-0.25, -0.2) is 5.16 Å². The van der Waals surface area contributed by atoms with Gasteiger partial charge in [-0.3, -0.25) is 0 Å². The Morgan fingerprint density at radius 3 is 2.33 bits per heavy atom. The van der Waals surface area contributed by atoms with E-state index in [1.165, 1.54) is 0 Å². The summed E-state index contributed by atoms with van der Waals surface area (Å²) in [4.78, 5) is 0. The van der Waals surface area contributed by atoms with E-state index in [-0.39, 0.29) is 32.8 Å². The third-order valence-electron chi connectivity index (χ3n) is 0.647. The molecule has 0 unspecified atom stereocenters. The van der Waals surface area contributed by atoms with Crippen LogP contribution in [0.25, 0.3) is 0 Å². The predicted octanol–water partition coefficient (Wildman–Crippen LogP) is 0.884. The molecule has 2 nitrogen and oxygen atoms in total. The summed E-state index contributed by atoms with van der Waals surface area (Å²) in [6.45, 7) is 1.89. The normalized spacial score (nSPS) is 7.22. The van der Waals surface area contributed by atoms with E-state index in [0.29, 0.717) is 4.71 Å². The fourth-order valence-corrected chi connectivity index (χ4v) is 0.585. The predicted molar refractivity (Wildman–Crippen MR) is 40.1 cm³/mol. The van der Waals surface area contributed by atoms with E-state index in [4.69, 9.17) is 0 Å². The zero-order valence-electron chi connectivity index (χ0n) is 4.92. The second-order valence-corrected chi connectivity index (χ2v) is 1.75. The first-order valence-electron chi connectivity index (χ1n) is 1.94. The van der Waals surface area contributed by atoms with E-state index >= 15 is 0 Å². The Kier molecular flexibility index (Phi) is 6.85. The van der Waals surface area contributed by atoms with Crippen molar-refractivity contribution >= 4 is 45.1 Å². The molecule has 0 aliphatic heterocycles. The molecule has 0 amide bonds. The summed E-state index contributed by atoms with van der Waals surface area (Å²) < 4.78 is 5.17. The van der Waals surface area contributed by atoms with E-state index in [1.807, 2.05) is 6.92 Å². The molecule has 0 aromatic carbocycles. The van der Waals surface area contributed by atoms with Crippen LogP contribution in [-0.4, -0.2) is 38.0 Å². The largest absolute Gasteiger partial charge is 0.371 e. The van der Waals surface area contributed by atoms with Gasteiger partial charge in [0.2, 0.25) is 4.71 Å². The van der Waals surface area contributed by atoms with Gasteiger partial charge in [0.25, 0.3) is 0 Å². The first-order valence-corrected chi connectivity index (χ1v) is 2.35. The van der Waals surface area contributed by atoms with Gasteiger partial charge in [-0.15, -0.1) is 0 Å². The van der Waals surface area contributed by atoms with Gasteiger partial charge in [-0.05, 0) is 19.1 Å². The minimum atomic E-state index is 0. The second-order valence-electron chi connectivity index (χ2n) is 1.35. The second kappa shape index (κ2) is 5.13. The number of H-pyrrole nitrogens is 1. The van der Waals surface area contributed by atoms with Crippen LogP contribution in [0.2, 0.25) is 0 Å². The molecule has 1 N–H and O–H groups in total. The van der Waals surface area contributed by atoms with Crippen LogP contribution in [0.15, 0.2) is 10.6 Å².